The molecule has 0 aliphatic carbocycles. The molecule has 0 aliphatic heterocycles. The third kappa shape index (κ3) is 2.10. The van der Waals surface area contributed by atoms with Gasteiger partial charge in [-0.1, -0.05) is 5.92 Å². The number of hydrogen-bond acceptors (Lipinski definition) is 1. The quantitative estimate of drug-likeness (QED) is 0.682. The Morgan fingerprint density at radius 1 is 1.27 bits per heavy atom. The number of halogens is 2. The van der Waals surface area contributed by atoms with E-state index in [0.717, 1.165) is 12.1 Å². The standard InChI is InChI=1S/C12H12F2O/c1-5-12(2,3)8-6-9(13)10(14)7-11(8)15-4/h1,6-7H,2-4H3. The minimum Gasteiger partial charge on any atom is -0.496 e. The molecule has 1 rings (SSSR count). The van der Waals surface area contributed by atoms with Crippen molar-refractivity contribution in [3.8, 4) is 18.1 Å². The van der Waals surface area contributed by atoms with E-state index in [2.05, 4.69) is 5.92 Å². The van der Waals surface area contributed by atoms with Gasteiger partial charge in [0.25, 0.3) is 0 Å². The lowest BCUT2D eigenvalue weighted by Crippen LogP contribution is -2.16. The molecule has 80 valence electrons. The Balaban J connectivity index is 3.42. The second kappa shape index (κ2) is 3.90. The first-order valence-electron chi connectivity index (χ1n) is 4.43. The third-order valence-corrected chi connectivity index (χ3v) is 2.28. The Labute approximate surface area is 88.1 Å². The van der Waals surface area contributed by atoms with Crippen LogP contribution in [0.25, 0.3) is 0 Å². The van der Waals surface area contributed by atoms with Crippen LogP contribution in [0.3, 0.4) is 0 Å². The van der Waals surface area contributed by atoms with E-state index in [-0.39, 0.29) is 5.75 Å². The summed E-state index contributed by atoms with van der Waals surface area (Å²) in [6.45, 7) is 3.48. The van der Waals surface area contributed by atoms with Gasteiger partial charge in [0.2, 0.25) is 0 Å². The molecule has 0 radical (unpaired) electrons. The first-order valence-corrected chi connectivity index (χ1v) is 4.43. The van der Waals surface area contributed by atoms with E-state index >= 15 is 0 Å². The molecule has 1 aromatic carbocycles. The molecule has 0 spiro atoms. The summed E-state index contributed by atoms with van der Waals surface area (Å²) in [6.07, 6.45) is 5.33. The summed E-state index contributed by atoms with van der Waals surface area (Å²) < 4.78 is 31.0. The normalized spacial score (nSPS) is 10.9. The second-order valence-corrected chi connectivity index (χ2v) is 3.74. The molecular weight excluding hydrogens is 198 g/mol. The van der Waals surface area contributed by atoms with Crippen molar-refractivity contribution < 1.29 is 13.5 Å². The Morgan fingerprint density at radius 3 is 2.27 bits per heavy atom. The highest BCUT2D eigenvalue weighted by Gasteiger charge is 2.24. The summed E-state index contributed by atoms with van der Waals surface area (Å²) in [7, 11) is 1.39. The van der Waals surface area contributed by atoms with E-state index in [4.69, 9.17) is 11.2 Å². The maximum Gasteiger partial charge on any atom is 0.162 e. The van der Waals surface area contributed by atoms with Gasteiger partial charge in [0.1, 0.15) is 5.75 Å². The Kier molecular flexibility index (Phi) is 2.99. The fraction of sp³-hybridized carbons (Fsp3) is 0.333. The molecule has 15 heavy (non-hydrogen) atoms. The van der Waals surface area contributed by atoms with Crippen LogP contribution in [0.2, 0.25) is 0 Å². The molecule has 0 fully saturated rings. The number of benzene rings is 1. The number of terminal acetylenes is 1. The minimum absolute atomic E-state index is 0.261. The summed E-state index contributed by atoms with van der Waals surface area (Å²) >= 11 is 0. The topological polar surface area (TPSA) is 9.23 Å². The molecule has 0 aliphatic rings. The average Bonchev–Trinajstić information content (AvgIpc) is 2.21. The second-order valence-electron chi connectivity index (χ2n) is 3.74. The van der Waals surface area contributed by atoms with Crippen molar-refractivity contribution in [3.05, 3.63) is 29.3 Å². The average molecular weight is 210 g/mol. The highest BCUT2D eigenvalue weighted by molar-refractivity contribution is 5.44. The zero-order valence-corrected chi connectivity index (χ0v) is 8.90. The van der Waals surface area contributed by atoms with Gasteiger partial charge < -0.3 is 4.74 Å². The van der Waals surface area contributed by atoms with Crippen molar-refractivity contribution in [2.75, 3.05) is 7.11 Å². The van der Waals surface area contributed by atoms with Crippen molar-refractivity contribution in [3.63, 3.8) is 0 Å². The van der Waals surface area contributed by atoms with Crippen molar-refractivity contribution >= 4 is 0 Å². The van der Waals surface area contributed by atoms with Gasteiger partial charge >= 0.3 is 0 Å². The first kappa shape index (κ1) is 11.5. The van der Waals surface area contributed by atoms with Gasteiger partial charge in [-0.25, -0.2) is 8.78 Å². The van der Waals surface area contributed by atoms with Crippen LogP contribution in [-0.2, 0) is 5.41 Å². The molecule has 1 nitrogen and oxygen atoms in total. The van der Waals surface area contributed by atoms with Crippen LogP contribution in [0.4, 0.5) is 8.78 Å². The maximum absolute atomic E-state index is 13.1. The zero-order valence-electron chi connectivity index (χ0n) is 8.90. The van der Waals surface area contributed by atoms with Gasteiger partial charge in [0.05, 0.1) is 12.5 Å². The Morgan fingerprint density at radius 2 is 1.80 bits per heavy atom. The van der Waals surface area contributed by atoms with E-state index < -0.39 is 17.0 Å². The van der Waals surface area contributed by atoms with Crippen LogP contribution in [0.5, 0.6) is 5.75 Å². The molecule has 0 atom stereocenters. The smallest absolute Gasteiger partial charge is 0.162 e. The largest absolute Gasteiger partial charge is 0.496 e. The molecule has 1 aromatic rings. The molecule has 3 heteroatoms. The van der Waals surface area contributed by atoms with Gasteiger partial charge in [-0.15, -0.1) is 6.42 Å². The highest BCUT2D eigenvalue weighted by atomic mass is 19.2. The summed E-state index contributed by atoms with van der Waals surface area (Å²) in [4.78, 5) is 0. The molecule has 0 N–H and O–H groups in total. The predicted molar refractivity (Wildman–Crippen MR) is 54.8 cm³/mol. The number of ether oxygens (including phenoxy) is 1. The molecule has 0 heterocycles. The zero-order chi connectivity index (χ0) is 11.6. The van der Waals surface area contributed by atoms with E-state index in [0.29, 0.717) is 5.56 Å². The van der Waals surface area contributed by atoms with Gasteiger partial charge in [-0.05, 0) is 19.9 Å². The Hall–Kier alpha value is -1.56. The molecule has 0 aromatic heterocycles. The van der Waals surface area contributed by atoms with Crippen LogP contribution in [0.15, 0.2) is 12.1 Å². The van der Waals surface area contributed by atoms with Gasteiger partial charge in [-0.2, -0.15) is 0 Å². The minimum atomic E-state index is -0.941. The fourth-order valence-electron chi connectivity index (χ4n) is 1.26. The molecular formula is C12H12F2O. The van der Waals surface area contributed by atoms with E-state index in [9.17, 15) is 8.78 Å². The van der Waals surface area contributed by atoms with E-state index in [1.165, 1.54) is 7.11 Å². The van der Waals surface area contributed by atoms with Gasteiger partial charge in [-0.3, -0.25) is 0 Å². The van der Waals surface area contributed by atoms with E-state index in [1.54, 1.807) is 13.8 Å². The first-order chi connectivity index (χ1) is 6.92. The molecule has 0 bridgehead atoms. The van der Waals surface area contributed by atoms with Crippen LogP contribution in [-0.4, -0.2) is 7.11 Å². The highest BCUT2D eigenvalue weighted by Crippen LogP contribution is 2.32. The van der Waals surface area contributed by atoms with Crippen molar-refractivity contribution in [1.82, 2.24) is 0 Å². The molecule has 0 amide bonds. The lowest BCUT2D eigenvalue weighted by Gasteiger charge is -2.21. The number of rotatable bonds is 2. The van der Waals surface area contributed by atoms with Crippen LogP contribution in [0.1, 0.15) is 19.4 Å². The third-order valence-electron chi connectivity index (χ3n) is 2.28. The van der Waals surface area contributed by atoms with E-state index in [1.807, 2.05) is 0 Å². The van der Waals surface area contributed by atoms with Crippen LogP contribution in [0, 0.1) is 24.0 Å². The molecule has 0 unspecified atom stereocenters. The van der Waals surface area contributed by atoms with Crippen LogP contribution >= 0.6 is 0 Å². The lowest BCUT2D eigenvalue weighted by molar-refractivity contribution is 0.394. The summed E-state index contributed by atoms with van der Waals surface area (Å²) in [6, 6.07) is 2.08. The summed E-state index contributed by atoms with van der Waals surface area (Å²) in [5.41, 5.74) is -0.230. The maximum atomic E-state index is 13.1. The SMILES string of the molecule is C#CC(C)(C)c1cc(F)c(F)cc1OC. The number of methoxy groups -OCH3 is 1. The lowest BCUT2D eigenvalue weighted by atomic mass is 9.85. The molecule has 0 saturated heterocycles. The van der Waals surface area contributed by atoms with Crippen molar-refractivity contribution in [2.45, 2.75) is 19.3 Å². The van der Waals surface area contributed by atoms with Crippen molar-refractivity contribution in [1.29, 1.82) is 0 Å². The number of hydrogen-bond donors (Lipinski definition) is 0. The van der Waals surface area contributed by atoms with Gasteiger partial charge in [0, 0.05) is 11.6 Å². The molecule has 0 saturated carbocycles. The summed E-state index contributed by atoms with van der Waals surface area (Å²) in [5.74, 6) is 0.907. The van der Waals surface area contributed by atoms with Crippen LogP contribution < -0.4 is 4.74 Å². The monoisotopic (exact) mass is 210 g/mol. The van der Waals surface area contributed by atoms with Crippen molar-refractivity contribution in [2.24, 2.45) is 0 Å². The summed E-state index contributed by atoms with van der Waals surface area (Å²) in [5, 5.41) is 0. The Bertz CT molecular complexity index is 416. The predicted octanol–water partition coefficient (Wildman–Crippen LogP) is 2.88. The van der Waals surface area contributed by atoms with Gasteiger partial charge in [0.15, 0.2) is 11.6 Å². The fourth-order valence-corrected chi connectivity index (χ4v) is 1.26.